The number of benzene rings is 2. The largest absolute Gasteiger partial charge is 0.490 e. The highest BCUT2D eigenvalue weighted by molar-refractivity contribution is 7.99. The van der Waals surface area contributed by atoms with Crippen molar-refractivity contribution in [2.45, 2.75) is 36.9 Å². The Hall–Kier alpha value is -2.60. The van der Waals surface area contributed by atoms with E-state index in [1.807, 2.05) is 51.1 Å². The lowest BCUT2D eigenvalue weighted by atomic mass is 10.1. The van der Waals surface area contributed by atoms with Crippen molar-refractivity contribution in [1.29, 1.82) is 0 Å². The fourth-order valence-electron chi connectivity index (χ4n) is 2.70. The fraction of sp³-hybridized carbons (Fsp3) is 0.286. The maximum absolute atomic E-state index is 12.8. The third-order valence-corrected chi connectivity index (χ3v) is 4.60. The first-order valence-electron chi connectivity index (χ1n) is 8.74. The van der Waals surface area contributed by atoms with Crippen LogP contribution < -0.4 is 19.6 Å². The first-order valence-corrected chi connectivity index (χ1v) is 9.56. The number of fused-ring (bicyclic) bond motifs is 1. The van der Waals surface area contributed by atoms with Gasteiger partial charge in [-0.15, -0.1) is 0 Å². The highest BCUT2D eigenvalue weighted by atomic mass is 32.2. The van der Waals surface area contributed by atoms with Gasteiger partial charge in [0, 0.05) is 17.0 Å². The van der Waals surface area contributed by atoms with Gasteiger partial charge in [-0.05, 0) is 32.9 Å². The van der Waals surface area contributed by atoms with E-state index in [0.29, 0.717) is 39.9 Å². The van der Waals surface area contributed by atoms with Gasteiger partial charge in [-0.1, -0.05) is 30.0 Å². The summed E-state index contributed by atoms with van der Waals surface area (Å²) in [5.41, 5.74) is 0.216. The fourth-order valence-corrected chi connectivity index (χ4v) is 3.52. The molecule has 0 unspecified atom stereocenters. The van der Waals surface area contributed by atoms with Crippen molar-refractivity contribution in [3.05, 3.63) is 52.7 Å². The van der Waals surface area contributed by atoms with Crippen molar-refractivity contribution in [2.75, 3.05) is 13.7 Å². The Labute approximate surface area is 162 Å². The normalized spacial score (nSPS) is 11.0. The number of methoxy groups -OCH3 is 1. The Morgan fingerprint density at radius 2 is 1.85 bits per heavy atom. The molecule has 0 atom stereocenters. The zero-order valence-corrected chi connectivity index (χ0v) is 16.6. The number of rotatable bonds is 7. The summed E-state index contributed by atoms with van der Waals surface area (Å²) in [4.78, 5) is 13.8. The molecular weight excluding hydrogens is 364 g/mol. The summed E-state index contributed by atoms with van der Waals surface area (Å²) in [6, 6.07) is 12.9. The van der Waals surface area contributed by atoms with Gasteiger partial charge in [0.15, 0.2) is 22.0 Å². The molecule has 6 heteroatoms. The third-order valence-electron chi connectivity index (χ3n) is 3.69. The van der Waals surface area contributed by atoms with Gasteiger partial charge in [-0.25, -0.2) is 0 Å². The van der Waals surface area contributed by atoms with Crippen LogP contribution in [-0.4, -0.2) is 19.8 Å². The molecule has 142 valence electrons. The lowest BCUT2D eigenvalue weighted by molar-refractivity contribution is 0.224. The summed E-state index contributed by atoms with van der Waals surface area (Å²) < 4.78 is 23.1. The van der Waals surface area contributed by atoms with E-state index < -0.39 is 0 Å². The molecule has 3 rings (SSSR count). The Balaban J connectivity index is 2.19. The molecule has 0 aliphatic carbocycles. The molecule has 0 saturated carbocycles. The molecule has 0 N–H and O–H groups in total. The molecule has 0 bridgehead atoms. The van der Waals surface area contributed by atoms with Gasteiger partial charge in [0.1, 0.15) is 11.0 Å². The monoisotopic (exact) mass is 386 g/mol. The lowest BCUT2D eigenvalue weighted by Gasteiger charge is -2.18. The summed E-state index contributed by atoms with van der Waals surface area (Å²) in [6.45, 7) is 6.07. The maximum Gasteiger partial charge on any atom is 0.204 e. The van der Waals surface area contributed by atoms with E-state index in [-0.39, 0.29) is 11.5 Å². The number of ether oxygens (including phenoxy) is 3. The van der Waals surface area contributed by atoms with Crippen LogP contribution in [0.4, 0.5) is 0 Å². The Bertz CT molecular complexity index is 979. The van der Waals surface area contributed by atoms with Crippen LogP contribution >= 0.6 is 11.8 Å². The van der Waals surface area contributed by atoms with Crippen molar-refractivity contribution in [1.82, 2.24) is 0 Å². The van der Waals surface area contributed by atoms with Crippen LogP contribution in [0.15, 0.2) is 61.7 Å². The van der Waals surface area contributed by atoms with Crippen molar-refractivity contribution in [3.8, 4) is 17.2 Å². The van der Waals surface area contributed by atoms with Crippen LogP contribution in [0.25, 0.3) is 11.0 Å². The minimum atomic E-state index is -0.187. The van der Waals surface area contributed by atoms with Gasteiger partial charge in [0.25, 0.3) is 0 Å². The Morgan fingerprint density at radius 3 is 2.48 bits per heavy atom. The second-order valence-corrected chi connectivity index (χ2v) is 7.13. The molecule has 0 spiro atoms. The van der Waals surface area contributed by atoms with Gasteiger partial charge >= 0.3 is 0 Å². The van der Waals surface area contributed by atoms with E-state index in [9.17, 15) is 4.79 Å². The molecule has 0 radical (unpaired) electrons. The average Bonchev–Trinajstić information content (AvgIpc) is 2.62. The highest BCUT2D eigenvalue weighted by Gasteiger charge is 2.22. The first kappa shape index (κ1) is 19.2. The molecule has 5 nitrogen and oxygen atoms in total. The number of hydrogen-bond acceptors (Lipinski definition) is 6. The van der Waals surface area contributed by atoms with Crippen molar-refractivity contribution in [3.63, 3.8) is 0 Å². The topological polar surface area (TPSA) is 57.9 Å². The van der Waals surface area contributed by atoms with Crippen molar-refractivity contribution in [2.24, 2.45) is 0 Å². The van der Waals surface area contributed by atoms with E-state index in [1.165, 1.54) is 24.9 Å². The summed E-state index contributed by atoms with van der Waals surface area (Å²) in [6.07, 6.45) is -0.0700. The summed E-state index contributed by atoms with van der Waals surface area (Å²) in [7, 11) is 1.53. The van der Waals surface area contributed by atoms with Gasteiger partial charge < -0.3 is 18.6 Å². The van der Waals surface area contributed by atoms with Gasteiger partial charge in [0.05, 0.1) is 19.8 Å². The molecule has 2 aromatic carbocycles. The predicted molar refractivity (Wildman–Crippen MR) is 107 cm³/mol. The average molecular weight is 386 g/mol. The van der Waals surface area contributed by atoms with E-state index in [4.69, 9.17) is 18.6 Å². The first-order chi connectivity index (χ1) is 13.0. The molecular formula is C21H22O5S. The van der Waals surface area contributed by atoms with Gasteiger partial charge in [-0.2, -0.15) is 0 Å². The molecule has 27 heavy (non-hydrogen) atoms. The van der Waals surface area contributed by atoms with Crippen molar-refractivity contribution >= 4 is 22.7 Å². The van der Waals surface area contributed by atoms with Gasteiger partial charge in [0.2, 0.25) is 5.75 Å². The molecule has 0 aliphatic rings. The zero-order valence-electron chi connectivity index (χ0n) is 15.8. The molecule has 0 amide bonds. The summed E-state index contributed by atoms with van der Waals surface area (Å²) in [5, 5.41) is 0.851. The van der Waals surface area contributed by atoms with Crippen LogP contribution in [0.3, 0.4) is 0 Å². The second-order valence-electron chi connectivity index (χ2n) is 6.05. The molecule has 1 aromatic heterocycles. The second kappa shape index (κ2) is 8.39. The lowest BCUT2D eigenvalue weighted by Crippen LogP contribution is -2.10. The van der Waals surface area contributed by atoms with E-state index >= 15 is 0 Å². The molecule has 0 fully saturated rings. The Morgan fingerprint density at radius 1 is 1.11 bits per heavy atom. The van der Waals surface area contributed by atoms with E-state index in [2.05, 4.69) is 0 Å². The summed E-state index contributed by atoms with van der Waals surface area (Å²) >= 11 is 1.39. The minimum absolute atomic E-state index is 0.0700. The smallest absolute Gasteiger partial charge is 0.204 e. The quantitative estimate of drug-likeness (QED) is 0.560. The summed E-state index contributed by atoms with van der Waals surface area (Å²) in [5.74, 6) is 1.22. The highest BCUT2D eigenvalue weighted by Crippen LogP contribution is 2.43. The van der Waals surface area contributed by atoms with Crippen LogP contribution in [-0.2, 0) is 0 Å². The van der Waals surface area contributed by atoms with Crippen LogP contribution in [0.5, 0.6) is 17.2 Å². The predicted octanol–water partition coefficient (Wildman–Crippen LogP) is 5.14. The molecule has 1 heterocycles. The molecule has 0 saturated heterocycles. The minimum Gasteiger partial charge on any atom is -0.490 e. The maximum atomic E-state index is 12.8. The standard InChI is InChI=1S/C21H22O5S/c1-5-24-21-19-15(22)11-18(27-14-9-7-6-8-10-14)26-16(19)12-17(20(21)23-4)25-13(2)3/h6-13H,5H2,1-4H3. The SMILES string of the molecule is CCOc1c(OC)c(OC(C)C)cc2oc(Sc3ccccc3)cc(=O)c12. The van der Waals surface area contributed by atoms with Crippen LogP contribution in [0.1, 0.15) is 20.8 Å². The van der Waals surface area contributed by atoms with Crippen LogP contribution in [0, 0.1) is 0 Å². The molecule has 3 aromatic rings. The molecule has 0 aliphatic heterocycles. The Kier molecular flexibility index (Phi) is 5.96. The third kappa shape index (κ3) is 4.22. The van der Waals surface area contributed by atoms with E-state index in [0.717, 1.165) is 4.90 Å². The van der Waals surface area contributed by atoms with Crippen LogP contribution in [0.2, 0.25) is 0 Å². The van der Waals surface area contributed by atoms with Crippen molar-refractivity contribution < 1.29 is 18.6 Å². The zero-order chi connectivity index (χ0) is 19.4. The number of hydrogen-bond donors (Lipinski definition) is 0. The van der Waals surface area contributed by atoms with Gasteiger partial charge in [-0.3, -0.25) is 4.79 Å². The van der Waals surface area contributed by atoms with E-state index in [1.54, 1.807) is 6.07 Å².